The van der Waals surface area contributed by atoms with Crippen LogP contribution in [0.5, 0.6) is 0 Å². The Kier molecular flexibility index (Phi) is 1.31. The Hall–Kier alpha value is -1.04. The first-order chi connectivity index (χ1) is 4.97. The van der Waals surface area contributed by atoms with Crippen molar-refractivity contribution in [2.45, 2.75) is 6.42 Å². The maximum absolute atomic E-state index is 2.26. The van der Waals surface area contributed by atoms with Gasteiger partial charge in [0.25, 0.3) is 0 Å². The molecule has 0 spiro atoms. The predicted octanol–water partition coefficient (Wildman–Crippen LogP) is 2.61. The van der Waals surface area contributed by atoms with Crippen molar-refractivity contribution < 1.29 is 0 Å². The van der Waals surface area contributed by atoms with Gasteiger partial charge >= 0.3 is 0 Å². The molecule has 0 unspecified atom stereocenters. The van der Waals surface area contributed by atoms with Gasteiger partial charge < -0.3 is 0 Å². The van der Waals surface area contributed by atoms with E-state index in [1.165, 1.54) is 5.57 Å². The number of allylic oxidation sites excluding steroid dienone is 8. The molecule has 0 aliphatic heterocycles. The van der Waals surface area contributed by atoms with Crippen LogP contribution in [0.15, 0.2) is 48.1 Å². The molecule has 0 aromatic rings. The van der Waals surface area contributed by atoms with Gasteiger partial charge in [-0.2, -0.15) is 0 Å². The molecule has 0 amide bonds. The summed E-state index contributed by atoms with van der Waals surface area (Å²) in [4.78, 5) is 0. The van der Waals surface area contributed by atoms with Gasteiger partial charge in [0.2, 0.25) is 0 Å². The van der Waals surface area contributed by atoms with Gasteiger partial charge in [0.05, 0.1) is 0 Å². The zero-order valence-electron chi connectivity index (χ0n) is 5.83. The summed E-state index contributed by atoms with van der Waals surface area (Å²) in [6.45, 7) is 0. The van der Waals surface area contributed by atoms with Gasteiger partial charge in [0.1, 0.15) is 0 Å². The summed E-state index contributed by atoms with van der Waals surface area (Å²) in [5.74, 6) is 0.593. The van der Waals surface area contributed by atoms with E-state index in [0.29, 0.717) is 5.92 Å². The lowest BCUT2D eigenvalue weighted by Gasteiger charge is -2.01. The highest BCUT2D eigenvalue weighted by molar-refractivity contribution is 5.35. The molecule has 1 atom stereocenters. The van der Waals surface area contributed by atoms with Crippen LogP contribution in [0.4, 0.5) is 0 Å². The second-order valence-electron chi connectivity index (χ2n) is 2.67. The maximum Gasteiger partial charge on any atom is 0.0166 e. The molecular formula is C10H10. The van der Waals surface area contributed by atoms with E-state index in [1.807, 2.05) is 0 Å². The smallest absolute Gasteiger partial charge is 0.0166 e. The monoisotopic (exact) mass is 130 g/mol. The largest absolute Gasteiger partial charge is 0.0835 e. The van der Waals surface area contributed by atoms with E-state index < -0.39 is 0 Å². The summed E-state index contributed by atoms with van der Waals surface area (Å²) in [6, 6.07) is 0. The van der Waals surface area contributed by atoms with Gasteiger partial charge in [0, 0.05) is 5.92 Å². The van der Waals surface area contributed by atoms with Crippen LogP contribution in [0.2, 0.25) is 0 Å². The fourth-order valence-electron chi connectivity index (χ4n) is 1.40. The summed E-state index contributed by atoms with van der Waals surface area (Å²) < 4.78 is 0. The Bertz CT molecular complexity index is 239. The van der Waals surface area contributed by atoms with Crippen LogP contribution in [0.25, 0.3) is 0 Å². The minimum absolute atomic E-state index is 0.593. The molecule has 2 aliphatic carbocycles. The molecule has 0 heterocycles. The summed E-state index contributed by atoms with van der Waals surface area (Å²) in [5, 5.41) is 0. The van der Waals surface area contributed by atoms with Crippen LogP contribution < -0.4 is 0 Å². The molecule has 0 saturated carbocycles. The van der Waals surface area contributed by atoms with Crippen molar-refractivity contribution in [3.8, 4) is 0 Å². The molecule has 0 aromatic heterocycles. The summed E-state index contributed by atoms with van der Waals surface area (Å²) in [7, 11) is 0. The summed E-state index contributed by atoms with van der Waals surface area (Å²) >= 11 is 0. The molecule has 0 bridgehead atoms. The van der Waals surface area contributed by atoms with E-state index in [9.17, 15) is 0 Å². The SMILES string of the molecule is C1=CC=C2CC=C[C@@H]2C=C1. The molecule has 2 aliphatic rings. The summed E-state index contributed by atoms with van der Waals surface area (Å²) in [6.07, 6.45) is 16.4. The van der Waals surface area contributed by atoms with Gasteiger partial charge in [-0.15, -0.1) is 0 Å². The van der Waals surface area contributed by atoms with Crippen molar-refractivity contribution in [1.82, 2.24) is 0 Å². The van der Waals surface area contributed by atoms with Gasteiger partial charge in [-0.05, 0) is 6.42 Å². The van der Waals surface area contributed by atoms with Crippen molar-refractivity contribution in [2.75, 3.05) is 0 Å². The Balaban J connectivity index is 2.35. The highest BCUT2D eigenvalue weighted by Gasteiger charge is 2.11. The fraction of sp³-hybridized carbons (Fsp3) is 0.200. The zero-order valence-corrected chi connectivity index (χ0v) is 5.83. The average Bonchev–Trinajstić information content (AvgIpc) is 2.28. The van der Waals surface area contributed by atoms with E-state index in [-0.39, 0.29) is 0 Å². The molecule has 0 saturated heterocycles. The van der Waals surface area contributed by atoms with E-state index in [1.54, 1.807) is 0 Å². The first kappa shape index (κ1) is 5.72. The van der Waals surface area contributed by atoms with Gasteiger partial charge in [-0.1, -0.05) is 48.1 Å². The minimum atomic E-state index is 0.593. The van der Waals surface area contributed by atoms with Gasteiger partial charge in [0.15, 0.2) is 0 Å². The van der Waals surface area contributed by atoms with E-state index in [2.05, 4.69) is 42.5 Å². The van der Waals surface area contributed by atoms with Crippen LogP contribution >= 0.6 is 0 Å². The van der Waals surface area contributed by atoms with Crippen molar-refractivity contribution in [1.29, 1.82) is 0 Å². The van der Waals surface area contributed by atoms with Crippen molar-refractivity contribution >= 4 is 0 Å². The Morgan fingerprint density at radius 2 is 2.10 bits per heavy atom. The summed E-state index contributed by atoms with van der Waals surface area (Å²) in [5.41, 5.74) is 1.52. The third kappa shape index (κ3) is 0.860. The van der Waals surface area contributed by atoms with Crippen molar-refractivity contribution in [3.05, 3.63) is 48.1 Å². The highest BCUT2D eigenvalue weighted by atomic mass is 14.2. The Morgan fingerprint density at radius 1 is 1.10 bits per heavy atom. The Morgan fingerprint density at radius 3 is 3.10 bits per heavy atom. The molecule has 0 radical (unpaired) electrons. The zero-order chi connectivity index (χ0) is 6.81. The van der Waals surface area contributed by atoms with E-state index in [4.69, 9.17) is 0 Å². The van der Waals surface area contributed by atoms with Crippen LogP contribution in [0, 0.1) is 5.92 Å². The second-order valence-corrected chi connectivity index (χ2v) is 2.67. The fourth-order valence-corrected chi connectivity index (χ4v) is 1.40. The maximum atomic E-state index is 2.26. The van der Waals surface area contributed by atoms with Crippen LogP contribution in [0.1, 0.15) is 6.42 Å². The first-order valence-electron chi connectivity index (χ1n) is 3.67. The molecule has 0 fully saturated rings. The Labute approximate surface area is 61.3 Å². The first-order valence-corrected chi connectivity index (χ1v) is 3.67. The topological polar surface area (TPSA) is 0 Å². The number of rotatable bonds is 0. The van der Waals surface area contributed by atoms with E-state index >= 15 is 0 Å². The van der Waals surface area contributed by atoms with Gasteiger partial charge in [-0.3, -0.25) is 0 Å². The van der Waals surface area contributed by atoms with Crippen molar-refractivity contribution in [3.63, 3.8) is 0 Å². The number of hydrogen-bond donors (Lipinski definition) is 0. The van der Waals surface area contributed by atoms with Crippen LogP contribution in [-0.4, -0.2) is 0 Å². The lowest BCUT2D eigenvalue weighted by Crippen LogP contribution is -1.88. The normalized spacial score (nSPS) is 28.0. The van der Waals surface area contributed by atoms with Crippen LogP contribution in [-0.2, 0) is 0 Å². The third-order valence-corrected chi connectivity index (χ3v) is 1.98. The standard InChI is InChI=1S/C10H10/c1-2-5-9-7-4-8-10(9)6-3-1/h1-7,9H,8H2/t9-/m0/s1. The molecule has 0 heteroatoms. The minimum Gasteiger partial charge on any atom is -0.0835 e. The lowest BCUT2D eigenvalue weighted by molar-refractivity contribution is 0.985. The van der Waals surface area contributed by atoms with Gasteiger partial charge in [-0.25, -0.2) is 0 Å². The molecule has 0 N–H and O–H groups in total. The van der Waals surface area contributed by atoms with E-state index in [0.717, 1.165) is 6.42 Å². The second kappa shape index (κ2) is 2.30. The molecule has 10 heavy (non-hydrogen) atoms. The average molecular weight is 130 g/mol. The molecule has 0 nitrogen and oxygen atoms in total. The molecule has 0 aromatic carbocycles. The quantitative estimate of drug-likeness (QED) is 0.442. The number of fused-ring (bicyclic) bond motifs is 1. The number of hydrogen-bond acceptors (Lipinski definition) is 0. The molecular weight excluding hydrogens is 120 g/mol. The molecule has 2 rings (SSSR count). The molecule has 50 valence electrons. The van der Waals surface area contributed by atoms with Crippen molar-refractivity contribution in [2.24, 2.45) is 5.92 Å². The lowest BCUT2D eigenvalue weighted by atomic mass is 10.0. The highest BCUT2D eigenvalue weighted by Crippen LogP contribution is 2.26. The third-order valence-electron chi connectivity index (χ3n) is 1.98. The predicted molar refractivity (Wildman–Crippen MR) is 43.6 cm³/mol. The van der Waals surface area contributed by atoms with Crippen LogP contribution in [0.3, 0.4) is 0 Å².